The Morgan fingerprint density at radius 1 is 1.29 bits per heavy atom. The van der Waals surface area contributed by atoms with Crippen molar-refractivity contribution >= 4 is 6.03 Å². The van der Waals surface area contributed by atoms with Crippen LogP contribution in [0.4, 0.5) is 18.0 Å². The lowest BCUT2D eigenvalue weighted by Gasteiger charge is -2.38. The quantitative estimate of drug-likeness (QED) is 0.860. The minimum atomic E-state index is -4.32. The molecule has 0 radical (unpaired) electrons. The Labute approximate surface area is 140 Å². The second-order valence-electron chi connectivity index (χ2n) is 6.49. The average Bonchev–Trinajstić information content (AvgIpc) is 2.51. The summed E-state index contributed by atoms with van der Waals surface area (Å²) in [5.41, 5.74) is 0.114. The van der Waals surface area contributed by atoms with Gasteiger partial charge in [0, 0.05) is 25.0 Å². The molecule has 1 aromatic carbocycles. The third kappa shape index (κ3) is 4.87. The number of ether oxygens (including phenoxy) is 1. The number of likely N-dealkylation sites (N-methyl/N-ethyl adjacent to an activating group) is 1. The van der Waals surface area contributed by atoms with Gasteiger partial charge < -0.3 is 15.0 Å². The lowest BCUT2D eigenvalue weighted by molar-refractivity contribution is -0.137. The molecule has 24 heavy (non-hydrogen) atoms. The summed E-state index contributed by atoms with van der Waals surface area (Å²) < 4.78 is 42.8. The fourth-order valence-electron chi connectivity index (χ4n) is 2.48. The first-order valence-corrected chi connectivity index (χ1v) is 8.00. The van der Waals surface area contributed by atoms with E-state index in [1.165, 1.54) is 12.1 Å². The molecule has 1 aliphatic rings. The predicted molar refractivity (Wildman–Crippen MR) is 84.7 cm³/mol. The number of rotatable bonds is 6. The van der Waals surface area contributed by atoms with Crippen LogP contribution >= 0.6 is 0 Å². The topological polar surface area (TPSA) is 41.6 Å². The highest BCUT2D eigenvalue weighted by atomic mass is 19.4. The summed E-state index contributed by atoms with van der Waals surface area (Å²) in [5, 5.41) is 2.90. The highest BCUT2D eigenvalue weighted by Crippen LogP contribution is 2.29. The van der Waals surface area contributed by atoms with Crippen LogP contribution in [0.2, 0.25) is 0 Å². The molecule has 1 N–H and O–H groups in total. The van der Waals surface area contributed by atoms with Gasteiger partial charge in [0.15, 0.2) is 0 Å². The standard InChI is InChI=1S/C17H23F3N2O2/c1-3-22(15(23)21-10-16(2)11-24-12-16)9-8-13-4-6-14(7-5-13)17(18,19)20/h4-7H,3,8-12H2,1-2H3,(H,21,23). The summed E-state index contributed by atoms with van der Waals surface area (Å²) in [6.45, 7) is 6.77. The number of carbonyl (C=O) groups is 1. The van der Waals surface area contributed by atoms with Crippen LogP contribution in [0, 0.1) is 5.41 Å². The van der Waals surface area contributed by atoms with Gasteiger partial charge in [-0.1, -0.05) is 19.1 Å². The smallest absolute Gasteiger partial charge is 0.380 e. The third-order valence-electron chi connectivity index (χ3n) is 4.19. The Kier molecular flexibility index (Phi) is 5.74. The maximum atomic E-state index is 12.5. The van der Waals surface area contributed by atoms with E-state index < -0.39 is 11.7 Å². The molecule has 1 fully saturated rings. The Morgan fingerprint density at radius 2 is 1.92 bits per heavy atom. The Balaban J connectivity index is 1.82. The molecule has 0 spiro atoms. The van der Waals surface area contributed by atoms with E-state index in [1.54, 1.807) is 4.90 Å². The van der Waals surface area contributed by atoms with Crippen molar-refractivity contribution in [1.82, 2.24) is 10.2 Å². The number of halogens is 3. The number of benzene rings is 1. The number of hydrogen-bond acceptors (Lipinski definition) is 2. The van der Waals surface area contributed by atoms with Crippen LogP contribution in [0.3, 0.4) is 0 Å². The average molecular weight is 344 g/mol. The largest absolute Gasteiger partial charge is 0.416 e. The molecule has 4 nitrogen and oxygen atoms in total. The molecule has 0 atom stereocenters. The molecule has 0 saturated carbocycles. The van der Waals surface area contributed by atoms with Crippen molar-refractivity contribution in [3.63, 3.8) is 0 Å². The van der Waals surface area contributed by atoms with Gasteiger partial charge in [-0.05, 0) is 31.0 Å². The van der Waals surface area contributed by atoms with E-state index in [0.717, 1.165) is 17.7 Å². The highest BCUT2D eigenvalue weighted by Gasteiger charge is 2.34. The van der Waals surface area contributed by atoms with Gasteiger partial charge in [-0.3, -0.25) is 0 Å². The molecular weight excluding hydrogens is 321 g/mol. The molecule has 1 saturated heterocycles. The third-order valence-corrected chi connectivity index (χ3v) is 4.19. The van der Waals surface area contributed by atoms with Crippen LogP contribution in [-0.2, 0) is 17.3 Å². The van der Waals surface area contributed by atoms with Crippen molar-refractivity contribution in [2.45, 2.75) is 26.4 Å². The van der Waals surface area contributed by atoms with Crippen molar-refractivity contribution in [3.8, 4) is 0 Å². The predicted octanol–water partition coefficient (Wildman–Crippen LogP) is 3.32. The van der Waals surface area contributed by atoms with E-state index in [9.17, 15) is 18.0 Å². The van der Waals surface area contributed by atoms with Crippen molar-refractivity contribution < 1.29 is 22.7 Å². The summed E-state index contributed by atoms with van der Waals surface area (Å²) in [6.07, 6.45) is -3.81. The summed E-state index contributed by atoms with van der Waals surface area (Å²) in [4.78, 5) is 13.8. The van der Waals surface area contributed by atoms with E-state index in [4.69, 9.17) is 4.74 Å². The molecule has 0 aromatic heterocycles. The van der Waals surface area contributed by atoms with Gasteiger partial charge in [0.1, 0.15) is 0 Å². The summed E-state index contributed by atoms with van der Waals surface area (Å²) in [7, 11) is 0. The van der Waals surface area contributed by atoms with Gasteiger partial charge in [-0.2, -0.15) is 13.2 Å². The zero-order valence-electron chi connectivity index (χ0n) is 13.9. The molecule has 1 heterocycles. The molecule has 1 aliphatic heterocycles. The monoisotopic (exact) mass is 344 g/mol. The van der Waals surface area contributed by atoms with E-state index in [2.05, 4.69) is 12.2 Å². The normalized spacial score (nSPS) is 16.4. The zero-order valence-corrected chi connectivity index (χ0v) is 13.9. The minimum absolute atomic E-state index is 0.00248. The van der Waals surface area contributed by atoms with Crippen LogP contribution in [0.25, 0.3) is 0 Å². The number of urea groups is 1. The molecule has 0 unspecified atom stereocenters. The lowest BCUT2D eigenvalue weighted by Crippen LogP contribution is -2.51. The zero-order chi connectivity index (χ0) is 17.8. The molecule has 1 aromatic rings. The molecule has 0 aliphatic carbocycles. The Bertz CT molecular complexity index is 554. The van der Waals surface area contributed by atoms with Gasteiger partial charge in [0.25, 0.3) is 0 Å². The lowest BCUT2D eigenvalue weighted by atomic mass is 9.89. The van der Waals surface area contributed by atoms with E-state index in [0.29, 0.717) is 39.3 Å². The second kappa shape index (κ2) is 7.42. The maximum Gasteiger partial charge on any atom is 0.416 e. The van der Waals surface area contributed by atoms with Gasteiger partial charge >= 0.3 is 12.2 Å². The number of nitrogens with zero attached hydrogens (tertiary/aromatic N) is 1. The van der Waals surface area contributed by atoms with Gasteiger partial charge in [0.2, 0.25) is 0 Å². The SMILES string of the molecule is CCN(CCc1ccc(C(F)(F)F)cc1)C(=O)NCC1(C)COC1. The summed E-state index contributed by atoms with van der Waals surface area (Å²) in [5.74, 6) is 0. The molecular formula is C17H23F3N2O2. The number of carbonyl (C=O) groups excluding carboxylic acids is 1. The minimum Gasteiger partial charge on any atom is -0.380 e. The summed E-state index contributed by atoms with van der Waals surface area (Å²) in [6, 6.07) is 4.91. The maximum absolute atomic E-state index is 12.5. The van der Waals surface area contributed by atoms with E-state index in [-0.39, 0.29) is 11.4 Å². The van der Waals surface area contributed by atoms with Crippen LogP contribution in [0.5, 0.6) is 0 Å². The molecule has 134 valence electrons. The van der Waals surface area contributed by atoms with Gasteiger partial charge in [-0.25, -0.2) is 4.79 Å². The molecule has 7 heteroatoms. The number of nitrogens with one attached hydrogen (secondary N) is 1. The van der Waals surface area contributed by atoms with Crippen LogP contribution in [0.1, 0.15) is 25.0 Å². The summed E-state index contributed by atoms with van der Waals surface area (Å²) >= 11 is 0. The molecule has 2 amide bonds. The Hall–Kier alpha value is -1.76. The number of alkyl halides is 3. The molecule has 2 rings (SSSR count). The Morgan fingerprint density at radius 3 is 2.38 bits per heavy atom. The number of hydrogen-bond donors (Lipinski definition) is 1. The van der Waals surface area contributed by atoms with Crippen molar-refractivity contribution in [2.75, 3.05) is 32.8 Å². The van der Waals surface area contributed by atoms with E-state index in [1.807, 2.05) is 6.92 Å². The van der Waals surface area contributed by atoms with Gasteiger partial charge in [0.05, 0.1) is 18.8 Å². The van der Waals surface area contributed by atoms with Crippen molar-refractivity contribution in [2.24, 2.45) is 5.41 Å². The van der Waals surface area contributed by atoms with Crippen LogP contribution in [-0.4, -0.2) is 43.8 Å². The van der Waals surface area contributed by atoms with Gasteiger partial charge in [-0.15, -0.1) is 0 Å². The number of amides is 2. The first-order valence-electron chi connectivity index (χ1n) is 8.00. The van der Waals surface area contributed by atoms with Crippen LogP contribution < -0.4 is 5.32 Å². The van der Waals surface area contributed by atoms with Crippen LogP contribution in [0.15, 0.2) is 24.3 Å². The first-order chi connectivity index (χ1) is 11.2. The first kappa shape index (κ1) is 18.6. The fourth-order valence-corrected chi connectivity index (χ4v) is 2.48. The fraction of sp³-hybridized carbons (Fsp3) is 0.588. The van der Waals surface area contributed by atoms with Crippen molar-refractivity contribution in [1.29, 1.82) is 0 Å². The van der Waals surface area contributed by atoms with E-state index >= 15 is 0 Å². The van der Waals surface area contributed by atoms with Crippen molar-refractivity contribution in [3.05, 3.63) is 35.4 Å². The highest BCUT2D eigenvalue weighted by molar-refractivity contribution is 5.74. The second-order valence-corrected chi connectivity index (χ2v) is 6.49. The molecule has 0 bridgehead atoms.